The molecule has 1 aromatic rings. The Labute approximate surface area is 106 Å². The number of methoxy groups -OCH3 is 1. The molecule has 0 unspecified atom stereocenters. The van der Waals surface area contributed by atoms with Gasteiger partial charge in [-0.3, -0.25) is 0 Å². The first-order valence-electron chi connectivity index (χ1n) is 4.32. The number of hydrogen-bond donors (Lipinski definition) is 0. The molecule has 0 aliphatic rings. The Morgan fingerprint density at radius 2 is 2.00 bits per heavy atom. The molecule has 0 saturated carbocycles. The number of aromatic nitrogens is 1. The highest BCUT2D eigenvalue weighted by Crippen LogP contribution is 2.36. The number of pyridine rings is 1. The summed E-state index contributed by atoms with van der Waals surface area (Å²) < 4.78 is 66.3. The van der Waals surface area contributed by atoms with Gasteiger partial charge in [-0.15, -0.1) is 0 Å². The fourth-order valence-corrected chi connectivity index (χ4v) is 1.62. The highest BCUT2D eigenvalue weighted by Gasteiger charge is 2.38. The van der Waals surface area contributed by atoms with Gasteiger partial charge in [-0.05, 0) is 22.0 Å². The summed E-state index contributed by atoms with van der Waals surface area (Å²) in [6.45, 7) is 0. The minimum Gasteiger partial charge on any atom is -0.464 e. The Morgan fingerprint density at radius 3 is 2.39 bits per heavy atom. The van der Waals surface area contributed by atoms with Gasteiger partial charge in [-0.2, -0.15) is 13.2 Å². The summed E-state index contributed by atoms with van der Waals surface area (Å²) >= 11 is 2.55. The van der Waals surface area contributed by atoms with E-state index < -0.39 is 40.0 Å². The van der Waals surface area contributed by atoms with Crippen molar-refractivity contribution in [2.45, 2.75) is 12.6 Å². The standard InChI is InChI=1S/C9H5BrF5NO2/c1-18-8(17)5-3(9(13,14)15)2-4(10)6(16-5)7(11)12/h2,7H,1H3. The van der Waals surface area contributed by atoms with Crippen molar-refractivity contribution in [1.82, 2.24) is 4.98 Å². The third kappa shape index (κ3) is 2.95. The first-order valence-corrected chi connectivity index (χ1v) is 5.12. The van der Waals surface area contributed by atoms with E-state index in [2.05, 4.69) is 25.7 Å². The predicted octanol–water partition coefficient (Wildman–Crippen LogP) is 3.59. The summed E-state index contributed by atoms with van der Waals surface area (Å²) in [7, 11) is 0.828. The molecule has 0 spiro atoms. The maximum Gasteiger partial charge on any atom is 0.418 e. The highest BCUT2D eigenvalue weighted by molar-refractivity contribution is 9.10. The number of ether oxygens (including phenoxy) is 1. The third-order valence-electron chi connectivity index (χ3n) is 1.89. The van der Waals surface area contributed by atoms with Crippen molar-refractivity contribution >= 4 is 21.9 Å². The second-order valence-electron chi connectivity index (χ2n) is 3.04. The number of halogens is 6. The van der Waals surface area contributed by atoms with Crippen LogP contribution >= 0.6 is 15.9 Å². The molecule has 0 N–H and O–H groups in total. The van der Waals surface area contributed by atoms with Crippen molar-refractivity contribution in [1.29, 1.82) is 0 Å². The highest BCUT2D eigenvalue weighted by atomic mass is 79.9. The fraction of sp³-hybridized carbons (Fsp3) is 0.333. The first kappa shape index (κ1) is 14.8. The molecular weight excluding hydrogens is 329 g/mol. The van der Waals surface area contributed by atoms with Crippen LogP contribution in [0.5, 0.6) is 0 Å². The van der Waals surface area contributed by atoms with Crippen LogP contribution in [-0.4, -0.2) is 18.1 Å². The molecule has 1 heterocycles. The van der Waals surface area contributed by atoms with Gasteiger partial charge in [0.2, 0.25) is 0 Å². The third-order valence-corrected chi connectivity index (χ3v) is 2.53. The Bertz CT molecular complexity index is 475. The molecule has 100 valence electrons. The molecule has 0 aliphatic carbocycles. The van der Waals surface area contributed by atoms with E-state index in [-0.39, 0.29) is 0 Å². The monoisotopic (exact) mass is 333 g/mol. The topological polar surface area (TPSA) is 39.2 Å². The minimum atomic E-state index is -4.90. The van der Waals surface area contributed by atoms with E-state index in [0.29, 0.717) is 6.07 Å². The molecular formula is C9H5BrF5NO2. The molecule has 1 rings (SSSR count). The van der Waals surface area contributed by atoms with E-state index in [1.165, 1.54) is 0 Å². The van der Waals surface area contributed by atoms with Crippen LogP contribution in [0.25, 0.3) is 0 Å². The lowest BCUT2D eigenvalue weighted by molar-refractivity contribution is -0.138. The molecule has 18 heavy (non-hydrogen) atoms. The SMILES string of the molecule is COC(=O)c1nc(C(F)F)c(Br)cc1C(F)(F)F. The van der Waals surface area contributed by atoms with Gasteiger partial charge in [0.15, 0.2) is 5.69 Å². The normalized spacial score (nSPS) is 11.8. The Kier molecular flexibility index (Phi) is 4.25. The lowest BCUT2D eigenvalue weighted by Gasteiger charge is -2.13. The number of esters is 1. The van der Waals surface area contributed by atoms with E-state index >= 15 is 0 Å². The van der Waals surface area contributed by atoms with Crippen LogP contribution in [0.15, 0.2) is 10.5 Å². The lowest BCUT2D eigenvalue weighted by atomic mass is 10.1. The molecule has 0 fully saturated rings. The van der Waals surface area contributed by atoms with Crippen molar-refractivity contribution in [3.8, 4) is 0 Å². The molecule has 0 saturated heterocycles. The molecule has 0 amide bonds. The van der Waals surface area contributed by atoms with Gasteiger partial charge < -0.3 is 4.74 Å². The van der Waals surface area contributed by atoms with E-state index in [9.17, 15) is 26.7 Å². The van der Waals surface area contributed by atoms with Crippen LogP contribution in [-0.2, 0) is 10.9 Å². The van der Waals surface area contributed by atoms with Crippen LogP contribution in [0.2, 0.25) is 0 Å². The van der Waals surface area contributed by atoms with E-state index in [4.69, 9.17) is 0 Å². The number of rotatable bonds is 2. The summed E-state index contributed by atoms with van der Waals surface area (Å²) in [5, 5.41) is 0. The Morgan fingerprint density at radius 1 is 1.44 bits per heavy atom. The molecule has 1 aromatic heterocycles. The van der Waals surface area contributed by atoms with Crippen molar-refractivity contribution in [2.24, 2.45) is 0 Å². The molecule has 0 aliphatic heterocycles. The number of nitrogens with zero attached hydrogens (tertiary/aromatic N) is 1. The average molecular weight is 334 g/mol. The van der Waals surface area contributed by atoms with Gasteiger partial charge in [0, 0.05) is 4.47 Å². The van der Waals surface area contributed by atoms with Gasteiger partial charge in [0.05, 0.1) is 12.7 Å². The van der Waals surface area contributed by atoms with Crippen LogP contribution in [0.1, 0.15) is 28.2 Å². The van der Waals surface area contributed by atoms with Crippen LogP contribution in [0, 0.1) is 0 Å². The molecule has 0 radical (unpaired) electrons. The van der Waals surface area contributed by atoms with Gasteiger partial charge in [-0.1, -0.05) is 0 Å². The number of carbonyl (C=O) groups excluding carboxylic acids is 1. The summed E-state index contributed by atoms with van der Waals surface area (Å²) in [5.74, 6) is -1.43. The van der Waals surface area contributed by atoms with Crippen molar-refractivity contribution in [2.75, 3.05) is 7.11 Å². The van der Waals surface area contributed by atoms with Crippen molar-refractivity contribution in [3.05, 3.63) is 27.5 Å². The quantitative estimate of drug-likeness (QED) is 0.613. The zero-order valence-electron chi connectivity index (χ0n) is 8.69. The molecule has 3 nitrogen and oxygen atoms in total. The maximum atomic E-state index is 12.6. The summed E-state index contributed by atoms with van der Waals surface area (Å²) in [4.78, 5) is 14.1. The van der Waals surface area contributed by atoms with Crippen molar-refractivity contribution in [3.63, 3.8) is 0 Å². The second kappa shape index (κ2) is 5.17. The van der Waals surface area contributed by atoms with Gasteiger partial charge >= 0.3 is 12.1 Å². The smallest absolute Gasteiger partial charge is 0.418 e. The van der Waals surface area contributed by atoms with Gasteiger partial charge in [-0.25, -0.2) is 18.6 Å². The first-order chi connectivity index (χ1) is 8.18. The summed E-state index contributed by atoms with van der Waals surface area (Å²) in [6, 6.07) is 0.376. The molecule has 0 bridgehead atoms. The van der Waals surface area contributed by atoms with Gasteiger partial charge in [0.1, 0.15) is 5.69 Å². The van der Waals surface area contributed by atoms with E-state index in [1.54, 1.807) is 0 Å². The van der Waals surface area contributed by atoms with Crippen LogP contribution in [0.4, 0.5) is 22.0 Å². The Balaban J connectivity index is 3.52. The molecule has 0 atom stereocenters. The number of alkyl halides is 5. The Hall–Kier alpha value is -1.25. The fourth-order valence-electron chi connectivity index (χ4n) is 1.12. The zero-order chi connectivity index (χ0) is 14.1. The van der Waals surface area contributed by atoms with E-state index in [1.807, 2.05) is 0 Å². The summed E-state index contributed by atoms with van der Waals surface area (Å²) in [6.07, 6.45) is -8.02. The minimum absolute atomic E-state index is 0.376. The van der Waals surface area contributed by atoms with Crippen molar-refractivity contribution < 1.29 is 31.5 Å². The molecule has 9 heteroatoms. The number of carbonyl (C=O) groups is 1. The lowest BCUT2D eigenvalue weighted by Crippen LogP contribution is -2.17. The van der Waals surface area contributed by atoms with Gasteiger partial charge in [0.25, 0.3) is 6.43 Å². The second-order valence-corrected chi connectivity index (χ2v) is 3.90. The number of hydrogen-bond acceptors (Lipinski definition) is 3. The predicted molar refractivity (Wildman–Crippen MR) is 53.2 cm³/mol. The maximum absolute atomic E-state index is 12.6. The average Bonchev–Trinajstić information content (AvgIpc) is 2.26. The zero-order valence-corrected chi connectivity index (χ0v) is 10.3. The molecule has 0 aromatic carbocycles. The van der Waals surface area contributed by atoms with E-state index in [0.717, 1.165) is 7.11 Å². The summed E-state index contributed by atoms with van der Waals surface area (Å²) in [5.41, 5.74) is -3.59. The van der Waals surface area contributed by atoms with Crippen LogP contribution < -0.4 is 0 Å². The van der Waals surface area contributed by atoms with Crippen LogP contribution in [0.3, 0.4) is 0 Å². The largest absolute Gasteiger partial charge is 0.464 e.